The first-order valence-corrected chi connectivity index (χ1v) is 6.85. The minimum Gasteiger partial charge on any atom is -0.366 e. The minimum absolute atomic E-state index is 0.345. The Labute approximate surface area is 108 Å². The van der Waals surface area contributed by atoms with E-state index in [4.69, 9.17) is 5.73 Å². The van der Waals surface area contributed by atoms with Crippen molar-refractivity contribution in [3.63, 3.8) is 0 Å². The van der Waals surface area contributed by atoms with Gasteiger partial charge in [-0.3, -0.25) is 4.79 Å². The summed E-state index contributed by atoms with van der Waals surface area (Å²) in [6, 6.07) is 8.48. The third-order valence-corrected chi connectivity index (χ3v) is 4.48. The van der Waals surface area contributed by atoms with E-state index in [-0.39, 0.29) is 5.91 Å². The number of fused-ring (bicyclic) bond motifs is 3. The Morgan fingerprint density at radius 1 is 1.22 bits per heavy atom. The number of piperidine rings is 3. The third-order valence-electron chi connectivity index (χ3n) is 4.48. The van der Waals surface area contributed by atoms with E-state index < -0.39 is 0 Å². The van der Waals surface area contributed by atoms with Crippen molar-refractivity contribution in [1.82, 2.24) is 4.90 Å². The number of carbonyl (C=O) groups is 1. The van der Waals surface area contributed by atoms with Crippen LogP contribution in [0.15, 0.2) is 24.3 Å². The molecule has 3 aliphatic rings. The molecule has 1 unspecified atom stereocenters. The summed E-state index contributed by atoms with van der Waals surface area (Å²) in [5.41, 5.74) is 7.17. The first-order valence-electron chi connectivity index (χ1n) is 6.85. The maximum Gasteiger partial charge on any atom is 0.248 e. The predicted octanol–water partition coefficient (Wildman–Crippen LogP) is 1.81. The molecule has 0 spiro atoms. The van der Waals surface area contributed by atoms with Gasteiger partial charge in [-0.15, -0.1) is 0 Å². The topological polar surface area (TPSA) is 46.3 Å². The fraction of sp³-hybridized carbons (Fsp3) is 0.533. The maximum atomic E-state index is 11.0. The number of nitrogens with zero attached hydrogens (tertiary/aromatic N) is 1. The van der Waals surface area contributed by atoms with E-state index in [1.807, 2.05) is 24.3 Å². The first kappa shape index (κ1) is 11.7. The van der Waals surface area contributed by atoms with Crippen LogP contribution in [0.25, 0.3) is 0 Å². The van der Waals surface area contributed by atoms with Crippen molar-refractivity contribution in [2.75, 3.05) is 13.1 Å². The lowest BCUT2D eigenvalue weighted by Crippen LogP contribution is -2.49. The molecule has 96 valence electrons. The van der Waals surface area contributed by atoms with Crippen molar-refractivity contribution in [3.8, 4) is 0 Å². The molecule has 3 fully saturated rings. The molecule has 0 saturated carbocycles. The molecule has 0 aliphatic carbocycles. The molecule has 3 nitrogen and oxygen atoms in total. The molecule has 3 saturated heterocycles. The second-order valence-corrected chi connectivity index (χ2v) is 5.63. The van der Waals surface area contributed by atoms with E-state index in [0.717, 1.165) is 12.3 Å². The van der Waals surface area contributed by atoms with Gasteiger partial charge in [0.05, 0.1) is 0 Å². The lowest BCUT2D eigenvalue weighted by Gasteiger charge is -2.45. The van der Waals surface area contributed by atoms with Crippen molar-refractivity contribution in [2.24, 2.45) is 11.7 Å². The molecule has 0 aromatic heterocycles. The Bertz CT molecular complexity index is 432. The normalized spacial score (nSPS) is 30.3. The van der Waals surface area contributed by atoms with Gasteiger partial charge in [-0.25, -0.2) is 0 Å². The van der Waals surface area contributed by atoms with Crippen LogP contribution in [-0.2, 0) is 6.42 Å². The van der Waals surface area contributed by atoms with E-state index in [1.54, 1.807) is 0 Å². The number of rotatable bonds is 3. The van der Waals surface area contributed by atoms with Crippen LogP contribution in [0.4, 0.5) is 0 Å². The van der Waals surface area contributed by atoms with Gasteiger partial charge in [-0.2, -0.15) is 0 Å². The van der Waals surface area contributed by atoms with Gasteiger partial charge in [-0.1, -0.05) is 12.1 Å². The molecule has 2 N–H and O–H groups in total. The fourth-order valence-electron chi connectivity index (χ4n) is 3.38. The Kier molecular flexibility index (Phi) is 3.08. The molecule has 1 aromatic rings. The highest BCUT2D eigenvalue weighted by molar-refractivity contribution is 5.92. The summed E-state index contributed by atoms with van der Waals surface area (Å²) in [7, 11) is 0. The van der Waals surface area contributed by atoms with Crippen LogP contribution < -0.4 is 5.73 Å². The molecular formula is C15H20N2O. The Morgan fingerprint density at radius 3 is 2.39 bits per heavy atom. The van der Waals surface area contributed by atoms with Crippen LogP contribution in [0.3, 0.4) is 0 Å². The van der Waals surface area contributed by atoms with E-state index in [2.05, 4.69) is 4.90 Å². The van der Waals surface area contributed by atoms with Crippen LogP contribution in [-0.4, -0.2) is 29.9 Å². The Balaban J connectivity index is 1.67. The Morgan fingerprint density at radius 2 is 1.89 bits per heavy atom. The zero-order valence-electron chi connectivity index (χ0n) is 10.6. The number of carbonyl (C=O) groups excluding carboxylic acids is 1. The van der Waals surface area contributed by atoms with Crippen molar-refractivity contribution in [3.05, 3.63) is 35.4 Å². The van der Waals surface area contributed by atoms with Gasteiger partial charge >= 0.3 is 0 Å². The van der Waals surface area contributed by atoms with Crippen molar-refractivity contribution < 1.29 is 4.79 Å². The zero-order chi connectivity index (χ0) is 12.5. The highest BCUT2D eigenvalue weighted by Gasteiger charge is 2.33. The molecule has 4 rings (SSSR count). The first-order chi connectivity index (χ1) is 8.72. The lowest BCUT2D eigenvalue weighted by atomic mass is 9.81. The second-order valence-electron chi connectivity index (χ2n) is 5.63. The molecule has 2 bridgehead atoms. The highest BCUT2D eigenvalue weighted by atomic mass is 16.1. The van der Waals surface area contributed by atoms with E-state index >= 15 is 0 Å². The molecule has 1 amide bonds. The fourth-order valence-corrected chi connectivity index (χ4v) is 3.38. The van der Waals surface area contributed by atoms with Crippen LogP contribution in [0.5, 0.6) is 0 Å². The second kappa shape index (κ2) is 4.73. The van der Waals surface area contributed by atoms with E-state index in [0.29, 0.717) is 11.6 Å². The quantitative estimate of drug-likeness (QED) is 0.881. The smallest absolute Gasteiger partial charge is 0.248 e. The van der Waals surface area contributed by atoms with Gasteiger partial charge in [0.15, 0.2) is 0 Å². The van der Waals surface area contributed by atoms with Gasteiger partial charge in [0, 0.05) is 11.6 Å². The summed E-state index contributed by atoms with van der Waals surface area (Å²) < 4.78 is 0. The number of primary amides is 1. The highest BCUT2D eigenvalue weighted by Crippen LogP contribution is 2.33. The van der Waals surface area contributed by atoms with Gasteiger partial charge in [0.25, 0.3) is 0 Å². The average molecular weight is 244 g/mol. The van der Waals surface area contributed by atoms with Gasteiger partial charge < -0.3 is 10.6 Å². The average Bonchev–Trinajstić information content (AvgIpc) is 2.41. The summed E-state index contributed by atoms with van der Waals surface area (Å²) in [5, 5.41) is 0. The lowest BCUT2D eigenvalue weighted by molar-refractivity contribution is 0.0498. The van der Waals surface area contributed by atoms with Crippen molar-refractivity contribution in [2.45, 2.75) is 31.7 Å². The number of hydrogen-bond acceptors (Lipinski definition) is 2. The van der Waals surface area contributed by atoms with Crippen LogP contribution in [0.2, 0.25) is 0 Å². The molecular weight excluding hydrogens is 224 g/mol. The zero-order valence-corrected chi connectivity index (χ0v) is 10.6. The molecule has 0 radical (unpaired) electrons. The molecule has 1 atom stereocenters. The summed E-state index contributed by atoms with van der Waals surface area (Å²) in [6.07, 6.45) is 5.22. The summed E-state index contributed by atoms with van der Waals surface area (Å²) in [4.78, 5) is 13.6. The summed E-state index contributed by atoms with van der Waals surface area (Å²) in [5.74, 6) is 0.604. The monoisotopic (exact) mass is 244 g/mol. The van der Waals surface area contributed by atoms with Crippen LogP contribution >= 0.6 is 0 Å². The number of benzene rings is 1. The number of amides is 1. The molecule has 3 heterocycles. The molecule has 18 heavy (non-hydrogen) atoms. The van der Waals surface area contributed by atoms with Crippen molar-refractivity contribution >= 4 is 5.91 Å². The van der Waals surface area contributed by atoms with Gasteiger partial charge in [0.2, 0.25) is 5.91 Å². The molecule has 1 aromatic carbocycles. The third kappa shape index (κ3) is 2.27. The largest absolute Gasteiger partial charge is 0.366 e. The maximum absolute atomic E-state index is 11.0. The van der Waals surface area contributed by atoms with Crippen LogP contribution in [0.1, 0.15) is 35.2 Å². The summed E-state index contributed by atoms with van der Waals surface area (Å²) >= 11 is 0. The van der Waals surface area contributed by atoms with Crippen molar-refractivity contribution in [1.29, 1.82) is 0 Å². The van der Waals surface area contributed by atoms with E-state index in [1.165, 1.54) is 37.9 Å². The van der Waals surface area contributed by atoms with E-state index in [9.17, 15) is 4.79 Å². The Hall–Kier alpha value is -1.35. The number of hydrogen-bond donors (Lipinski definition) is 1. The predicted molar refractivity (Wildman–Crippen MR) is 71.4 cm³/mol. The van der Waals surface area contributed by atoms with Gasteiger partial charge in [-0.05, 0) is 62.4 Å². The molecule has 3 heteroatoms. The SMILES string of the molecule is NC(=O)c1ccc(CC2CC3CCN2CC3)cc1. The van der Waals surface area contributed by atoms with Gasteiger partial charge in [0.1, 0.15) is 0 Å². The summed E-state index contributed by atoms with van der Waals surface area (Å²) in [6.45, 7) is 2.55. The standard InChI is InChI=1S/C15H20N2O/c16-15(18)13-3-1-11(2-4-13)9-14-10-12-5-7-17(14)8-6-12/h1-4,12,14H,5-10H2,(H2,16,18). The minimum atomic E-state index is -0.345. The van der Waals surface area contributed by atoms with Crippen LogP contribution in [0, 0.1) is 5.92 Å². The molecule has 3 aliphatic heterocycles. The number of nitrogens with two attached hydrogens (primary N) is 1.